The van der Waals surface area contributed by atoms with Gasteiger partial charge in [0.2, 0.25) is 0 Å². The Morgan fingerprint density at radius 3 is 2.50 bits per heavy atom. The third-order valence-electron chi connectivity index (χ3n) is 7.79. The Hall–Kier alpha value is -4.97. The number of methoxy groups -OCH3 is 1. The van der Waals surface area contributed by atoms with Crippen molar-refractivity contribution in [3.05, 3.63) is 112 Å². The highest BCUT2D eigenvalue weighted by molar-refractivity contribution is 7.07. The van der Waals surface area contributed by atoms with Crippen LogP contribution in [0.5, 0.6) is 11.5 Å². The summed E-state index contributed by atoms with van der Waals surface area (Å²) in [6.07, 6.45) is 1.71. The highest BCUT2D eigenvalue weighted by Crippen LogP contribution is 2.36. The van der Waals surface area contributed by atoms with Gasteiger partial charge in [0.1, 0.15) is 0 Å². The third kappa shape index (κ3) is 5.87. The molecule has 0 bridgehead atoms. The van der Waals surface area contributed by atoms with E-state index < -0.39 is 16.9 Å². The van der Waals surface area contributed by atoms with Crippen LogP contribution in [0.1, 0.15) is 61.8 Å². The lowest BCUT2D eigenvalue weighted by Gasteiger charge is -2.25. The van der Waals surface area contributed by atoms with Gasteiger partial charge in [-0.05, 0) is 89.9 Å². The SMILES string of the molecule is CCOC(=O)C1=C(C)N=c2s/c(=C\c3cc(C)n(-c4ccc(C)c([N+](=O)[O-])c4)c3C)c(=O)n2[C@@H]1c1ccc(OC(C)C)c(OC)c1. The number of thiazole rings is 1. The van der Waals surface area contributed by atoms with Crippen LogP contribution in [0, 0.1) is 30.9 Å². The van der Waals surface area contributed by atoms with Crippen LogP contribution in [-0.2, 0) is 9.53 Å². The van der Waals surface area contributed by atoms with E-state index in [1.54, 1.807) is 51.1 Å². The molecule has 1 aliphatic rings. The summed E-state index contributed by atoms with van der Waals surface area (Å²) >= 11 is 1.22. The van der Waals surface area contributed by atoms with E-state index in [9.17, 15) is 19.7 Å². The number of nitrogens with zero attached hydrogens (tertiary/aromatic N) is 4. The van der Waals surface area contributed by atoms with Crippen molar-refractivity contribution in [2.45, 2.75) is 60.6 Å². The molecular weight excluding hydrogens is 608 g/mol. The maximum Gasteiger partial charge on any atom is 0.338 e. The van der Waals surface area contributed by atoms with Gasteiger partial charge in [-0.15, -0.1) is 0 Å². The molecule has 1 atom stereocenters. The quantitative estimate of drug-likeness (QED) is 0.139. The predicted molar refractivity (Wildman–Crippen MR) is 176 cm³/mol. The van der Waals surface area contributed by atoms with Gasteiger partial charge in [0, 0.05) is 23.0 Å². The second-order valence-electron chi connectivity index (χ2n) is 11.3. The molecule has 0 N–H and O–H groups in total. The van der Waals surface area contributed by atoms with Crippen molar-refractivity contribution >= 4 is 29.1 Å². The van der Waals surface area contributed by atoms with Crippen molar-refractivity contribution in [1.82, 2.24) is 9.13 Å². The van der Waals surface area contributed by atoms with Gasteiger partial charge in [0.05, 0.1) is 52.3 Å². The van der Waals surface area contributed by atoms with Crippen molar-refractivity contribution in [2.24, 2.45) is 4.99 Å². The summed E-state index contributed by atoms with van der Waals surface area (Å²) in [7, 11) is 1.54. The average Bonchev–Trinajstić information content (AvgIpc) is 3.45. The van der Waals surface area contributed by atoms with E-state index in [4.69, 9.17) is 14.2 Å². The summed E-state index contributed by atoms with van der Waals surface area (Å²) in [4.78, 5) is 43.9. The van der Waals surface area contributed by atoms with Crippen LogP contribution in [0.3, 0.4) is 0 Å². The minimum Gasteiger partial charge on any atom is -0.493 e. The van der Waals surface area contributed by atoms with E-state index in [0.717, 1.165) is 17.0 Å². The number of rotatable bonds is 9. The highest BCUT2D eigenvalue weighted by Gasteiger charge is 2.34. The largest absolute Gasteiger partial charge is 0.493 e. The normalized spacial score (nSPS) is 14.7. The Morgan fingerprint density at radius 2 is 1.85 bits per heavy atom. The Bertz CT molecular complexity index is 2080. The number of allylic oxidation sites excluding steroid dienone is 1. The van der Waals surface area contributed by atoms with E-state index >= 15 is 0 Å². The summed E-state index contributed by atoms with van der Waals surface area (Å²) in [6.45, 7) is 13.0. The second kappa shape index (κ2) is 12.8. The number of nitro benzene ring substituents is 1. The first-order chi connectivity index (χ1) is 21.9. The molecule has 4 aromatic rings. The van der Waals surface area contributed by atoms with E-state index in [1.807, 2.05) is 50.5 Å². The van der Waals surface area contributed by atoms with Crippen LogP contribution in [0.2, 0.25) is 0 Å². The Morgan fingerprint density at radius 1 is 1.11 bits per heavy atom. The molecule has 2 aromatic heterocycles. The smallest absolute Gasteiger partial charge is 0.338 e. The molecule has 0 radical (unpaired) electrons. The fourth-order valence-electron chi connectivity index (χ4n) is 5.72. The molecule has 2 aromatic carbocycles. The van der Waals surface area contributed by atoms with Crippen molar-refractivity contribution in [3.63, 3.8) is 0 Å². The number of aromatic nitrogens is 2. The van der Waals surface area contributed by atoms with Gasteiger partial charge in [0.25, 0.3) is 11.2 Å². The lowest BCUT2D eigenvalue weighted by Crippen LogP contribution is -2.40. The molecule has 12 heteroatoms. The Balaban J connectivity index is 1.68. The number of fused-ring (bicyclic) bond motifs is 1. The first-order valence-electron chi connectivity index (χ1n) is 14.8. The maximum absolute atomic E-state index is 14.2. The average molecular weight is 645 g/mol. The van der Waals surface area contributed by atoms with Gasteiger partial charge in [0.15, 0.2) is 16.3 Å². The van der Waals surface area contributed by atoms with Crippen LogP contribution < -0.4 is 24.4 Å². The number of benzene rings is 2. The predicted octanol–water partition coefficient (Wildman–Crippen LogP) is 5.22. The van der Waals surface area contributed by atoms with Gasteiger partial charge >= 0.3 is 5.97 Å². The molecule has 0 saturated heterocycles. The van der Waals surface area contributed by atoms with Gasteiger partial charge in [-0.25, -0.2) is 9.79 Å². The minimum atomic E-state index is -0.819. The molecule has 11 nitrogen and oxygen atoms in total. The molecule has 0 amide bonds. The summed E-state index contributed by atoms with van der Waals surface area (Å²) in [5.41, 5.74) is 4.74. The molecule has 0 unspecified atom stereocenters. The standard InChI is InChI=1S/C34H36N4O7S/c1-9-44-33(40)30-21(6)35-34-37(31(30)23-11-13-27(45-18(2)3)28(15-23)43-8)32(39)29(46-34)16-24-14-20(5)36(22(24)7)25-12-10-19(4)26(17-25)38(41)42/h10-18,31H,9H2,1-8H3/b29-16-/t31-/m1/s1. The first-order valence-corrected chi connectivity index (χ1v) is 15.7. The van der Waals surface area contributed by atoms with Crippen molar-refractivity contribution < 1.29 is 23.9 Å². The minimum absolute atomic E-state index is 0.0352. The van der Waals surface area contributed by atoms with E-state index in [1.165, 1.54) is 23.0 Å². The summed E-state index contributed by atoms with van der Waals surface area (Å²) in [5, 5.41) is 11.6. The van der Waals surface area contributed by atoms with Gasteiger partial charge in [-0.2, -0.15) is 0 Å². The molecule has 3 heterocycles. The zero-order chi connectivity index (χ0) is 33.4. The van der Waals surface area contributed by atoms with Crippen molar-refractivity contribution in [3.8, 4) is 17.2 Å². The molecule has 1 aliphatic heterocycles. The van der Waals surface area contributed by atoms with Gasteiger partial charge in [-0.3, -0.25) is 19.5 Å². The van der Waals surface area contributed by atoms with Crippen LogP contribution in [0.25, 0.3) is 11.8 Å². The van der Waals surface area contributed by atoms with Gasteiger partial charge < -0.3 is 18.8 Å². The van der Waals surface area contributed by atoms with E-state index in [-0.39, 0.29) is 29.5 Å². The fourth-order valence-corrected chi connectivity index (χ4v) is 6.76. The summed E-state index contributed by atoms with van der Waals surface area (Å²) in [5.74, 6) is 0.455. The topological polar surface area (TPSA) is 127 Å². The van der Waals surface area contributed by atoms with Gasteiger partial charge in [-0.1, -0.05) is 23.5 Å². The number of carbonyl (C=O) groups is 1. The number of hydrogen-bond acceptors (Lipinski definition) is 9. The highest BCUT2D eigenvalue weighted by atomic mass is 32.1. The molecule has 0 spiro atoms. The zero-order valence-electron chi connectivity index (χ0n) is 27.0. The lowest BCUT2D eigenvalue weighted by atomic mass is 9.95. The monoisotopic (exact) mass is 644 g/mol. The zero-order valence-corrected chi connectivity index (χ0v) is 27.9. The number of aryl methyl sites for hydroxylation is 2. The molecule has 0 saturated carbocycles. The van der Waals surface area contributed by atoms with Crippen LogP contribution in [0.15, 0.2) is 63.5 Å². The molecule has 5 rings (SSSR count). The molecular formula is C34H36N4O7S. The van der Waals surface area contributed by atoms with Crippen molar-refractivity contribution in [1.29, 1.82) is 0 Å². The molecule has 0 aliphatic carbocycles. The number of nitro groups is 1. The third-order valence-corrected chi connectivity index (χ3v) is 8.77. The number of esters is 1. The first kappa shape index (κ1) is 32.4. The second-order valence-corrected chi connectivity index (χ2v) is 12.3. The molecule has 240 valence electrons. The lowest BCUT2D eigenvalue weighted by molar-refractivity contribution is -0.385. The Labute approximate surface area is 269 Å². The summed E-state index contributed by atoms with van der Waals surface area (Å²) in [6, 6.07) is 11.6. The van der Waals surface area contributed by atoms with E-state index in [0.29, 0.717) is 43.3 Å². The Kier molecular flexibility index (Phi) is 9.02. The number of ether oxygens (including phenoxy) is 3. The fraction of sp³-hybridized carbons (Fsp3) is 0.324. The number of carbonyl (C=O) groups excluding carboxylic acids is 1. The van der Waals surface area contributed by atoms with Crippen LogP contribution in [-0.4, -0.2) is 39.8 Å². The number of hydrogen-bond donors (Lipinski definition) is 0. The van der Waals surface area contributed by atoms with Crippen molar-refractivity contribution in [2.75, 3.05) is 13.7 Å². The summed E-state index contributed by atoms with van der Waals surface area (Å²) < 4.78 is 20.8. The maximum atomic E-state index is 14.2. The molecule has 0 fully saturated rings. The van der Waals surface area contributed by atoms with Crippen LogP contribution in [0.4, 0.5) is 5.69 Å². The molecule has 46 heavy (non-hydrogen) atoms. The van der Waals surface area contributed by atoms with Crippen LogP contribution >= 0.6 is 11.3 Å². The van der Waals surface area contributed by atoms with E-state index in [2.05, 4.69) is 4.99 Å².